The smallest absolute Gasteiger partial charge is 0.178 e. The predicted octanol–water partition coefficient (Wildman–Crippen LogP) is 2.40. The van der Waals surface area contributed by atoms with Crippen LogP contribution in [0.3, 0.4) is 0 Å². The number of hydrogen-bond donors (Lipinski definition) is 0. The third-order valence-electron chi connectivity index (χ3n) is 3.89. The quantitative estimate of drug-likeness (QED) is 0.863. The van der Waals surface area contributed by atoms with Gasteiger partial charge >= 0.3 is 0 Å². The van der Waals surface area contributed by atoms with Crippen LogP contribution in [0.5, 0.6) is 5.75 Å². The van der Waals surface area contributed by atoms with Crippen LogP contribution in [0.15, 0.2) is 36.8 Å². The highest BCUT2D eigenvalue weighted by atomic mass is 16.5. The van der Waals surface area contributed by atoms with Crippen molar-refractivity contribution in [1.29, 1.82) is 0 Å². The molecule has 0 N–H and O–H groups in total. The van der Waals surface area contributed by atoms with E-state index in [4.69, 9.17) is 4.74 Å². The molecule has 1 aliphatic rings. The molecule has 0 saturated heterocycles. The number of rotatable bonds is 4. The average molecular weight is 284 g/mol. The highest BCUT2D eigenvalue weighted by Crippen LogP contribution is 2.27. The Balaban J connectivity index is 1.70. The summed E-state index contributed by atoms with van der Waals surface area (Å²) in [5, 5.41) is 0. The van der Waals surface area contributed by atoms with Gasteiger partial charge in [-0.25, -0.2) is 9.97 Å². The topological polar surface area (TPSA) is 51.1 Å². The van der Waals surface area contributed by atoms with Gasteiger partial charge in [-0.1, -0.05) is 6.07 Å². The van der Waals surface area contributed by atoms with E-state index in [1.807, 2.05) is 18.2 Å². The summed E-state index contributed by atoms with van der Waals surface area (Å²) in [6, 6.07) is 6.17. The van der Waals surface area contributed by atoms with Crippen molar-refractivity contribution in [2.45, 2.75) is 31.4 Å². The van der Waals surface area contributed by atoms with Crippen LogP contribution in [-0.2, 0) is 0 Å². The largest absolute Gasteiger partial charge is 0.486 e. The van der Waals surface area contributed by atoms with Crippen LogP contribution in [0.4, 0.5) is 0 Å². The summed E-state index contributed by atoms with van der Waals surface area (Å²) < 4.78 is 6.05. The molecule has 0 aliphatic heterocycles. The van der Waals surface area contributed by atoms with Crippen molar-refractivity contribution in [2.24, 2.45) is 0 Å². The molecule has 5 heteroatoms. The Hall–Kier alpha value is -2.01. The second-order valence-electron chi connectivity index (χ2n) is 5.58. The molecule has 3 rings (SSSR count). The van der Waals surface area contributed by atoms with Crippen LogP contribution in [-0.4, -0.2) is 46.1 Å². The van der Waals surface area contributed by atoms with Crippen LogP contribution in [0.25, 0.3) is 11.5 Å². The average Bonchev–Trinajstić information content (AvgIpc) is 2.97. The summed E-state index contributed by atoms with van der Waals surface area (Å²) in [6.45, 7) is 0. The summed E-state index contributed by atoms with van der Waals surface area (Å²) in [4.78, 5) is 15.2. The molecule has 21 heavy (non-hydrogen) atoms. The normalized spacial score (nSPS) is 21.7. The zero-order valence-electron chi connectivity index (χ0n) is 12.4. The number of ether oxygens (including phenoxy) is 1. The van der Waals surface area contributed by atoms with E-state index in [-0.39, 0.29) is 6.10 Å². The third kappa shape index (κ3) is 3.19. The molecule has 0 bridgehead atoms. The molecule has 2 atom stereocenters. The molecule has 2 aromatic heterocycles. The fourth-order valence-corrected chi connectivity index (χ4v) is 2.81. The lowest BCUT2D eigenvalue weighted by atomic mass is 10.2. The maximum absolute atomic E-state index is 6.05. The molecule has 0 amide bonds. The maximum atomic E-state index is 6.05. The molecule has 0 spiro atoms. The highest BCUT2D eigenvalue weighted by Gasteiger charge is 2.30. The number of nitrogens with zero attached hydrogens (tertiary/aromatic N) is 4. The van der Waals surface area contributed by atoms with Gasteiger partial charge in [-0.2, -0.15) is 0 Å². The lowest BCUT2D eigenvalue weighted by molar-refractivity contribution is 0.120. The maximum Gasteiger partial charge on any atom is 0.178 e. The third-order valence-corrected chi connectivity index (χ3v) is 3.89. The Morgan fingerprint density at radius 3 is 2.57 bits per heavy atom. The van der Waals surface area contributed by atoms with Crippen LogP contribution >= 0.6 is 0 Å². The van der Waals surface area contributed by atoms with E-state index >= 15 is 0 Å². The van der Waals surface area contributed by atoms with Crippen LogP contribution in [0, 0.1) is 0 Å². The molecule has 2 heterocycles. The first kappa shape index (κ1) is 13.9. The number of pyridine rings is 1. The first-order chi connectivity index (χ1) is 10.2. The van der Waals surface area contributed by atoms with Crippen LogP contribution in [0.1, 0.15) is 19.3 Å². The molecular weight excluding hydrogens is 264 g/mol. The van der Waals surface area contributed by atoms with E-state index in [2.05, 4.69) is 33.9 Å². The van der Waals surface area contributed by atoms with Gasteiger partial charge in [-0.15, -0.1) is 0 Å². The van der Waals surface area contributed by atoms with Gasteiger partial charge in [0.15, 0.2) is 11.6 Å². The molecule has 1 aliphatic carbocycles. The summed E-state index contributed by atoms with van der Waals surface area (Å²) in [5.74, 6) is 1.35. The molecule has 0 unspecified atom stereocenters. The second-order valence-corrected chi connectivity index (χ2v) is 5.58. The van der Waals surface area contributed by atoms with Crippen molar-refractivity contribution < 1.29 is 4.74 Å². The monoisotopic (exact) mass is 284 g/mol. The van der Waals surface area contributed by atoms with Crippen LogP contribution < -0.4 is 4.74 Å². The number of aromatic nitrogens is 3. The lowest BCUT2D eigenvalue weighted by Crippen LogP contribution is -2.38. The number of hydrogen-bond acceptors (Lipinski definition) is 5. The van der Waals surface area contributed by atoms with E-state index in [9.17, 15) is 0 Å². The Morgan fingerprint density at radius 1 is 1.10 bits per heavy atom. The fraction of sp³-hybridized carbons (Fsp3) is 0.438. The Bertz CT molecular complexity index is 571. The molecule has 110 valence electrons. The number of likely N-dealkylation sites (N-methyl/N-ethyl adjacent to an activating group) is 1. The minimum absolute atomic E-state index is 0.226. The molecule has 2 aromatic rings. The van der Waals surface area contributed by atoms with Gasteiger partial charge in [0.2, 0.25) is 0 Å². The van der Waals surface area contributed by atoms with Gasteiger partial charge < -0.3 is 9.64 Å². The summed E-state index contributed by atoms with van der Waals surface area (Å²) >= 11 is 0. The first-order valence-electron chi connectivity index (χ1n) is 7.30. The zero-order chi connectivity index (χ0) is 14.7. The predicted molar refractivity (Wildman–Crippen MR) is 81.0 cm³/mol. The minimum Gasteiger partial charge on any atom is -0.486 e. The van der Waals surface area contributed by atoms with Crippen molar-refractivity contribution in [1.82, 2.24) is 19.9 Å². The minimum atomic E-state index is 0.226. The summed E-state index contributed by atoms with van der Waals surface area (Å²) in [6.07, 6.45) is 8.92. The van der Waals surface area contributed by atoms with Gasteiger partial charge in [0.25, 0.3) is 0 Å². The van der Waals surface area contributed by atoms with Crippen molar-refractivity contribution in [2.75, 3.05) is 14.1 Å². The van der Waals surface area contributed by atoms with Crippen molar-refractivity contribution >= 4 is 0 Å². The summed E-state index contributed by atoms with van der Waals surface area (Å²) in [7, 11) is 4.21. The highest BCUT2D eigenvalue weighted by molar-refractivity contribution is 5.48. The van der Waals surface area contributed by atoms with Gasteiger partial charge in [-0.3, -0.25) is 4.98 Å². The molecule has 5 nitrogen and oxygen atoms in total. The Kier molecular flexibility index (Phi) is 4.10. The molecule has 1 saturated carbocycles. The van der Waals surface area contributed by atoms with Gasteiger partial charge in [0.1, 0.15) is 11.8 Å². The molecule has 1 fully saturated rings. The van der Waals surface area contributed by atoms with E-state index in [1.54, 1.807) is 18.6 Å². The Labute approximate surface area is 125 Å². The molecule has 0 radical (unpaired) electrons. The first-order valence-corrected chi connectivity index (χ1v) is 7.30. The van der Waals surface area contributed by atoms with Gasteiger partial charge in [0.05, 0.1) is 12.4 Å². The van der Waals surface area contributed by atoms with Crippen molar-refractivity contribution in [3.05, 3.63) is 36.8 Å². The van der Waals surface area contributed by atoms with Crippen molar-refractivity contribution in [3.63, 3.8) is 0 Å². The van der Waals surface area contributed by atoms with Crippen LogP contribution in [0.2, 0.25) is 0 Å². The van der Waals surface area contributed by atoms with E-state index in [0.29, 0.717) is 11.9 Å². The van der Waals surface area contributed by atoms with E-state index < -0.39 is 0 Å². The Morgan fingerprint density at radius 2 is 1.90 bits per heavy atom. The van der Waals surface area contributed by atoms with Gasteiger partial charge in [-0.05, 0) is 45.5 Å². The second kappa shape index (κ2) is 6.18. The molecule has 0 aromatic carbocycles. The SMILES string of the molecule is CN(C)[C@@H]1CCC[C@H]1Oc1cnc(-c2ccccn2)nc1. The molecular formula is C16H20N4O. The summed E-state index contributed by atoms with van der Waals surface area (Å²) in [5.41, 5.74) is 0.774. The fourth-order valence-electron chi connectivity index (χ4n) is 2.81. The van der Waals surface area contributed by atoms with E-state index in [0.717, 1.165) is 17.9 Å². The zero-order valence-corrected chi connectivity index (χ0v) is 12.4. The standard InChI is InChI=1S/C16H20N4O/c1-20(2)14-7-5-8-15(14)21-12-10-18-16(19-11-12)13-6-3-4-9-17-13/h3-4,6,9-11,14-15H,5,7-8H2,1-2H3/t14-,15-/m1/s1. The lowest BCUT2D eigenvalue weighted by Gasteiger charge is -2.26. The van der Waals surface area contributed by atoms with Gasteiger partial charge in [0, 0.05) is 12.2 Å². The van der Waals surface area contributed by atoms with Crippen molar-refractivity contribution in [3.8, 4) is 17.3 Å². The van der Waals surface area contributed by atoms with E-state index in [1.165, 1.54) is 12.8 Å².